The molecule has 0 aliphatic heterocycles. The van der Waals surface area contributed by atoms with Crippen LogP contribution in [0, 0.1) is 5.92 Å². The molecule has 0 bridgehead atoms. The van der Waals surface area contributed by atoms with Gasteiger partial charge in [-0.1, -0.05) is 38.1 Å². The molecule has 1 aromatic rings. The van der Waals surface area contributed by atoms with E-state index in [2.05, 4.69) is 0 Å². The van der Waals surface area contributed by atoms with Crippen LogP contribution >= 0.6 is 0 Å². The van der Waals surface area contributed by atoms with Crippen LogP contribution in [0.3, 0.4) is 0 Å². The van der Waals surface area contributed by atoms with Gasteiger partial charge in [0.05, 0.1) is 6.10 Å². The SMILES string of the molecule is CCc1ccc(C(O)C(CC)C(F)F)cc1. The van der Waals surface area contributed by atoms with Crippen molar-refractivity contribution in [1.82, 2.24) is 0 Å². The molecule has 1 rings (SSSR count). The van der Waals surface area contributed by atoms with Crippen LogP contribution in [0.25, 0.3) is 0 Å². The van der Waals surface area contributed by atoms with Gasteiger partial charge in [0.2, 0.25) is 6.43 Å². The van der Waals surface area contributed by atoms with Crippen LogP contribution in [-0.4, -0.2) is 11.5 Å². The minimum absolute atomic E-state index is 0.272. The van der Waals surface area contributed by atoms with E-state index in [0.717, 1.165) is 12.0 Å². The van der Waals surface area contributed by atoms with Gasteiger partial charge in [0.15, 0.2) is 0 Å². The highest BCUT2D eigenvalue weighted by Crippen LogP contribution is 2.29. The lowest BCUT2D eigenvalue weighted by Crippen LogP contribution is -2.19. The average Bonchev–Trinajstić information content (AvgIpc) is 2.29. The molecule has 2 atom stereocenters. The fraction of sp³-hybridized carbons (Fsp3) is 0.538. The highest BCUT2D eigenvalue weighted by atomic mass is 19.3. The van der Waals surface area contributed by atoms with Crippen molar-refractivity contribution in [2.75, 3.05) is 0 Å². The zero-order chi connectivity index (χ0) is 12.1. The molecule has 0 saturated heterocycles. The van der Waals surface area contributed by atoms with Gasteiger partial charge in [0, 0.05) is 5.92 Å². The van der Waals surface area contributed by atoms with E-state index < -0.39 is 18.4 Å². The Hall–Kier alpha value is -0.960. The third kappa shape index (κ3) is 3.01. The Morgan fingerprint density at radius 2 is 1.69 bits per heavy atom. The van der Waals surface area contributed by atoms with Gasteiger partial charge in [-0.3, -0.25) is 0 Å². The molecule has 0 fully saturated rings. The molecule has 3 heteroatoms. The summed E-state index contributed by atoms with van der Waals surface area (Å²) < 4.78 is 25.2. The molecule has 0 aliphatic carbocycles. The van der Waals surface area contributed by atoms with Crippen LogP contribution in [0.5, 0.6) is 0 Å². The van der Waals surface area contributed by atoms with Crippen LogP contribution in [0.2, 0.25) is 0 Å². The van der Waals surface area contributed by atoms with E-state index in [4.69, 9.17) is 0 Å². The summed E-state index contributed by atoms with van der Waals surface area (Å²) in [5.41, 5.74) is 1.71. The van der Waals surface area contributed by atoms with Crippen LogP contribution in [0.4, 0.5) is 8.78 Å². The second-order valence-corrected chi connectivity index (χ2v) is 3.95. The fourth-order valence-electron chi connectivity index (χ4n) is 1.74. The van der Waals surface area contributed by atoms with Crippen LogP contribution in [0.15, 0.2) is 24.3 Å². The first kappa shape index (κ1) is 13.1. The second-order valence-electron chi connectivity index (χ2n) is 3.95. The summed E-state index contributed by atoms with van der Waals surface area (Å²) in [4.78, 5) is 0. The third-order valence-corrected chi connectivity index (χ3v) is 2.93. The number of hydrogen-bond donors (Lipinski definition) is 1. The quantitative estimate of drug-likeness (QED) is 0.816. The van der Waals surface area contributed by atoms with E-state index in [9.17, 15) is 13.9 Å². The summed E-state index contributed by atoms with van der Waals surface area (Å²) in [5, 5.41) is 9.83. The lowest BCUT2D eigenvalue weighted by molar-refractivity contribution is -0.0110. The van der Waals surface area contributed by atoms with Crippen molar-refractivity contribution < 1.29 is 13.9 Å². The van der Waals surface area contributed by atoms with Gasteiger partial charge in [0.1, 0.15) is 0 Å². The van der Waals surface area contributed by atoms with Crippen molar-refractivity contribution in [3.05, 3.63) is 35.4 Å². The van der Waals surface area contributed by atoms with E-state index >= 15 is 0 Å². The van der Waals surface area contributed by atoms with E-state index in [-0.39, 0.29) is 6.42 Å². The topological polar surface area (TPSA) is 20.2 Å². The molecule has 1 nitrogen and oxygen atoms in total. The predicted molar refractivity (Wildman–Crippen MR) is 60.6 cm³/mol. The normalized spacial score (nSPS) is 15.1. The van der Waals surface area contributed by atoms with Gasteiger partial charge in [-0.05, 0) is 24.0 Å². The highest BCUT2D eigenvalue weighted by molar-refractivity contribution is 5.24. The van der Waals surface area contributed by atoms with Gasteiger partial charge in [0.25, 0.3) is 0 Å². The zero-order valence-electron chi connectivity index (χ0n) is 9.66. The summed E-state index contributed by atoms with van der Waals surface area (Å²) in [6, 6.07) is 7.20. The first-order chi connectivity index (χ1) is 7.60. The molecule has 0 amide bonds. The predicted octanol–water partition coefficient (Wildman–Crippen LogP) is 3.57. The number of alkyl halides is 2. The summed E-state index contributed by atoms with van der Waals surface area (Å²) in [5.74, 6) is -0.979. The Morgan fingerprint density at radius 1 is 1.12 bits per heavy atom. The van der Waals surface area contributed by atoms with E-state index in [1.807, 2.05) is 19.1 Å². The lowest BCUT2D eigenvalue weighted by atomic mass is 9.93. The maximum atomic E-state index is 12.6. The van der Waals surface area contributed by atoms with Crippen molar-refractivity contribution in [3.8, 4) is 0 Å². The number of rotatable bonds is 5. The van der Waals surface area contributed by atoms with Gasteiger partial charge in [-0.25, -0.2) is 8.78 Å². The van der Waals surface area contributed by atoms with Gasteiger partial charge in [-0.2, -0.15) is 0 Å². The molecule has 1 N–H and O–H groups in total. The summed E-state index contributed by atoms with van der Waals surface area (Å²) in [7, 11) is 0. The standard InChI is InChI=1S/C13H18F2O/c1-3-9-5-7-10(8-6-9)12(16)11(4-2)13(14)15/h5-8,11-13,16H,3-4H2,1-2H3. The second kappa shape index (κ2) is 5.94. The lowest BCUT2D eigenvalue weighted by Gasteiger charge is -2.21. The van der Waals surface area contributed by atoms with Gasteiger partial charge >= 0.3 is 0 Å². The van der Waals surface area contributed by atoms with E-state index in [1.165, 1.54) is 0 Å². The van der Waals surface area contributed by atoms with Crippen molar-refractivity contribution in [2.45, 2.75) is 39.2 Å². The van der Waals surface area contributed by atoms with Gasteiger partial charge < -0.3 is 5.11 Å². The molecule has 16 heavy (non-hydrogen) atoms. The maximum absolute atomic E-state index is 12.6. The molecular weight excluding hydrogens is 210 g/mol. The molecule has 0 aromatic heterocycles. The smallest absolute Gasteiger partial charge is 0.244 e. The number of halogens is 2. The summed E-state index contributed by atoms with van der Waals surface area (Å²) in [6.45, 7) is 3.69. The van der Waals surface area contributed by atoms with E-state index in [1.54, 1.807) is 19.1 Å². The Morgan fingerprint density at radius 3 is 2.06 bits per heavy atom. The van der Waals surface area contributed by atoms with Crippen LogP contribution in [-0.2, 0) is 6.42 Å². The Bertz CT molecular complexity index is 308. The number of aliphatic hydroxyl groups excluding tert-OH is 1. The Labute approximate surface area is 95.1 Å². The first-order valence-corrected chi connectivity index (χ1v) is 5.65. The van der Waals surface area contributed by atoms with Crippen molar-refractivity contribution in [2.24, 2.45) is 5.92 Å². The third-order valence-electron chi connectivity index (χ3n) is 2.93. The molecule has 0 saturated carbocycles. The number of benzene rings is 1. The first-order valence-electron chi connectivity index (χ1n) is 5.65. The van der Waals surface area contributed by atoms with Gasteiger partial charge in [-0.15, -0.1) is 0 Å². The molecule has 90 valence electrons. The van der Waals surface area contributed by atoms with Crippen molar-refractivity contribution >= 4 is 0 Å². The number of aliphatic hydroxyl groups is 1. The number of hydrogen-bond acceptors (Lipinski definition) is 1. The average molecular weight is 228 g/mol. The molecule has 1 aromatic carbocycles. The Kier molecular flexibility index (Phi) is 4.87. The van der Waals surface area contributed by atoms with E-state index in [0.29, 0.717) is 5.56 Å². The molecule has 0 radical (unpaired) electrons. The Balaban J connectivity index is 2.82. The largest absolute Gasteiger partial charge is 0.388 e. The minimum Gasteiger partial charge on any atom is -0.388 e. The zero-order valence-corrected chi connectivity index (χ0v) is 9.66. The van der Waals surface area contributed by atoms with Crippen LogP contribution < -0.4 is 0 Å². The minimum atomic E-state index is -2.48. The fourth-order valence-corrected chi connectivity index (χ4v) is 1.74. The molecular formula is C13H18F2O. The van der Waals surface area contributed by atoms with Crippen LogP contribution in [0.1, 0.15) is 37.5 Å². The summed E-state index contributed by atoms with van der Waals surface area (Å²) in [6.07, 6.45) is -2.38. The molecule has 0 spiro atoms. The molecule has 0 aliphatic rings. The molecule has 0 heterocycles. The maximum Gasteiger partial charge on any atom is 0.244 e. The summed E-state index contributed by atoms with van der Waals surface area (Å²) >= 11 is 0. The molecule has 2 unspecified atom stereocenters. The monoisotopic (exact) mass is 228 g/mol. The number of aryl methyl sites for hydroxylation is 1. The van der Waals surface area contributed by atoms with Crippen molar-refractivity contribution in [3.63, 3.8) is 0 Å². The van der Waals surface area contributed by atoms with Crippen molar-refractivity contribution in [1.29, 1.82) is 0 Å². The highest BCUT2D eigenvalue weighted by Gasteiger charge is 2.27.